The number of fused-ring (bicyclic) bond motifs is 1. The highest BCUT2D eigenvalue weighted by molar-refractivity contribution is 5.93. The van der Waals surface area contributed by atoms with Crippen LogP contribution in [0.5, 0.6) is 5.75 Å². The van der Waals surface area contributed by atoms with Gasteiger partial charge in [-0.1, -0.05) is 0 Å². The Labute approximate surface area is 159 Å². The highest BCUT2D eigenvalue weighted by Crippen LogP contribution is 2.19. The third-order valence-corrected chi connectivity index (χ3v) is 4.30. The van der Waals surface area contributed by atoms with E-state index in [9.17, 15) is 9.59 Å². The van der Waals surface area contributed by atoms with E-state index in [1.807, 2.05) is 18.2 Å². The minimum atomic E-state index is -0.319. The van der Waals surface area contributed by atoms with E-state index >= 15 is 0 Å². The van der Waals surface area contributed by atoms with E-state index < -0.39 is 0 Å². The predicted molar refractivity (Wildman–Crippen MR) is 105 cm³/mol. The predicted octanol–water partition coefficient (Wildman–Crippen LogP) is 2.43. The van der Waals surface area contributed by atoms with Gasteiger partial charge in [-0.15, -0.1) is 0 Å². The molecule has 8 nitrogen and oxygen atoms in total. The van der Waals surface area contributed by atoms with Crippen molar-refractivity contribution in [3.8, 4) is 17.0 Å². The van der Waals surface area contributed by atoms with Crippen molar-refractivity contribution in [3.05, 3.63) is 71.4 Å². The van der Waals surface area contributed by atoms with Gasteiger partial charge in [0.05, 0.1) is 30.8 Å². The Bertz CT molecular complexity index is 1190. The highest BCUT2D eigenvalue weighted by Gasteiger charge is 2.08. The molecule has 4 rings (SSSR count). The molecule has 0 unspecified atom stereocenters. The van der Waals surface area contributed by atoms with Crippen LogP contribution < -0.4 is 15.6 Å². The highest BCUT2D eigenvalue weighted by atomic mass is 16.5. The van der Waals surface area contributed by atoms with Crippen LogP contribution >= 0.6 is 0 Å². The van der Waals surface area contributed by atoms with Crippen molar-refractivity contribution < 1.29 is 9.53 Å². The molecule has 4 aromatic rings. The van der Waals surface area contributed by atoms with Crippen molar-refractivity contribution in [2.24, 2.45) is 0 Å². The van der Waals surface area contributed by atoms with Gasteiger partial charge in [0.1, 0.15) is 12.3 Å². The minimum absolute atomic E-state index is 0.129. The van der Waals surface area contributed by atoms with Gasteiger partial charge in [-0.2, -0.15) is 5.10 Å². The Balaban J connectivity index is 1.47. The van der Waals surface area contributed by atoms with Crippen LogP contribution in [-0.2, 0) is 11.3 Å². The third-order valence-electron chi connectivity index (χ3n) is 4.30. The summed E-state index contributed by atoms with van der Waals surface area (Å²) in [5.74, 6) is 0.405. The van der Waals surface area contributed by atoms with Crippen LogP contribution in [0.4, 0.5) is 5.69 Å². The smallest absolute Gasteiger partial charge is 0.254 e. The van der Waals surface area contributed by atoms with Crippen molar-refractivity contribution in [1.82, 2.24) is 19.7 Å². The lowest BCUT2D eigenvalue weighted by atomic mass is 10.1. The maximum Gasteiger partial charge on any atom is 0.254 e. The molecule has 1 amide bonds. The largest absolute Gasteiger partial charge is 0.497 e. The number of rotatable bonds is 5. The number of methoxy groups -OCH3 is 1. The number of anilines is 1. The Kier molecular flexibility index (Phi) is 4.59. The molecule has 0 aliphatic rings. The second-order valence-corrected chi connectivity index (χ2v) is 6.19. The van der Waals surface area contributed by atoms with Gasteiger partial charge in [0, 0.05) is 22.7 Å². The first-order valence-corrected chi connectivity index (χ1v) is 8.56. The fourth-order valence-corrected chi connectivity index (χ4v) is 2.83. The summed E-state index contributed by atoms with van der Waals surface area (Å²) < 4.78 is 6.38. The normalized spacial score (nSPS) is 10.8. The summed E-state index contributed by atoms with van der Waals surface area (Å²) in [6, 6.07) is 14.1. The van der Waals surface area contributed by atoms with E-state index in [4.69, 9.17) is 4.74 Å². The number of aromatic nitrogens is 4. The summed E-state index contributed by atoms with van der Waals surface area (Å²) in [4.78, 5) is 29.0. The SMILES string of the molecule is COc1ccc(-c2cc(=O)n(CC(=O)Nc3ccc4cn[nH]c4c3)cn2)cc1. The number of benzene rings is 2. The number of carbonyl (C=O) groups excluding carboxylic acids is 1. The molecule has 0 radical (unpaired) electrons. The summed E-state index contributed by atoms with van der Waals surface area (Å²) in [7, 11) is 1.59. The lowest BCUT2D eigenvalue weighted by Gasteiger charge is -2.08. The van der Waals surface area contributed by atoms with Gasteiger partial charge in [0.2, 0.25) is 5.91 Å². The summed E-state index contributed by atoms with van der Waals surface area (Å²) in [5, 5.41) is 10.5. The van der Waals surface area contributed by atoms with Crippen LogP contribution in [0.2, 0.25) is 0 Å². The van der Waals surface area contributed by atoms with Crippen LogP contribution in [-0.4, -0.2) is 32.8 Å². The molecule has 0 aliphatic heterocycles. The lowest BCUT2D eigenvalue weighted by molar-refractivity contribution is -0.116. The standard InChI is InChI=1S/C20H17N5O3/c1-28-16-6-3-13(4-7-16)17-9-20(27)25(12-21-17)11-19(26)23-15-5-2-14-10-22-24-18(14)8-15/h2-10,12H,11H2,1H3,(H,22,24)(H,23,26). The first-order valence-electron chi connectivity index (χ1n) is 8.56. The molecule has 140 valence electrons. The van der Waals surface area contributed by atoms with Crippen molar-refractivity contribution >= 4 is 22.5 Å². The number of H-pyrrole nitrogens is 1. The second-order valence-electron chi connectivity index (χ2n) is 6.19. The van der Waals surface area contributed by atoms with Gasteiger partial charge >= 0.3 is 0 Å². The Morgan fingerprint density at radius 2 is 2.00 bits per heavy atom. The van der Waals surface area contributed by atoms with Gasteiger partial charge in [-0.05, 0) is 42.5 Å². The summed E-state index contributed by atoms with van der Waals surface area (Å²) >= 11 is 0. The fraction of sp³-hybridized carbons (Fsp3) is 0.100. The Hall–Kier alpha value is -3.94. The van der Waals surface area contributed by atoms with Gasteiger partial charge in [-0.3, -0.25) is 19.3 Å². The summed E-state index contributed by atoms with van der Waals surface area (Å²) in [5.41, 5.74) is 2.47. The summed E-state index contributed by atoms with van der Waals surface area (Å²) in [6.07, 6.45) is 3.08. The van der Waals surface area contributed by atoms with E-state index in [0.717, 1.165) is 22.2 Å². The summed E-state index contributed by atoms with van der Waals surface area (Å²) in [6.45, 7) is -0.129. The molecule has 0 bridgehead atoms. The number of nitrogens with zero attached hydrogens (tertiary/aromatic N) is 3. The molecule has 0 saturated heterocycles. The first kappa shape index (κ1) is 17.5. The monoisotopic (exact) mass is 375 g/mol. The Morgan fingerprint density at radius 3 is 2.75 bits per heavy atom. The number of ether oxygens (including phenoxy) is 1. The number of carbonyl (C=O) groups is 1. The molecule has 2 heterocycles. The van der Waals surface area contributed by atoms with Crippen LogP contribution in [0.15, 0.2) is 65.8 Å². The van der Waals surface area contributed by atoms with E-state index in [0.29, 0.717) is 11.4 Å². The zero-order chi connectivity index (χ0) is 19.5. The molecule has 0 atom stereocenters. The van der Waals surface area contributed by atoms with Crippen LogP contribution in [0, 0.1) is 0 Å². The molecular weight excluding hydrogens is 358 g/mol. The minimum Gasteiger partial charge on any atom is -0.497 e. The van der Waals surface area contributed by atoms with Crippen molar-refractivity contribution in [3.63, 3.8) is 0 Å². The van der Waals surface area contributed by atoms with Crippen molar-refractivity contribution in [2.75, 3.05) is 12.4 Å². The second kappa shape index (κ2) is 7.36. The van der Waals surface area contributed by atoms with Gasteiger partial charge in [0.25, 0.3) is 5.56 Å². The molecule has 2 aromatic carbocycles. The number of hydrogen-bond donors (Lipinski definition) is 2. The van der Waals surface area contributed by atoms with Gasteiger partial charge in [-0.25, -0.2) is 4.98 Å². The van der Waals surface area contributed by atoms with E-state index in [1.165, 1.54) is 17.0 Å². The molecule has 0 spiro atoms. The molecule has 0 saturated carbocycles. The maximum atomic E-state index is 12.4. The molecule has 0 fully saturated rings. The van der Waals surface area contributed by atoms with E-state index in [1.54, 1.807) is 37.6 Å². The van der Waals surface area contributed by atoms with Crippen LogP contribution in [0.25, 0.3) is 22.2 Å². The number of aromatic amines is 1. The van der Waals surface area contributed by atoms with Crippen LogP contribution in [0.1, 0.15) is 0 Å². The van der Waals surface area contributed by atoms with Crippen molar-refractivity contribution in [1.29, 1.82) is 0 Å². The first-order chi connectivity index (χ1) is 13.6. The topological polar surface area (TPSA) is 102 Å². The van der Waals surface area contributed by atoms with Crippen LogP contribution in [0.3, 0.4) is 0 Å². The number of hydrogen-bond acceptors (Lipinski definition) is 5. The van der Waals surface area contributed by atoms with Crippen molar-refractivity contribution in [2.45, 2.75) is 6.54 Å². The average molecular weight is 375 g/mol. The van der Waals surface area contributed by atoms with E-state index in [-0.39, 0.29) is 18.0 Å². The number of amides is 1. The average Bonchev–Trinajstić information content (AvgIpc) is 3.17. The lowest BCUT2D eigenvalue weighted by Crippen LogP contribution is -2.27. The quantitative estimate of drug-likeness (QED) is 0.558. The number of nitrogens with one attached hydrogen (secondary N) is 2. The maximum absolute atomic E-state index is 12.4. The zero-order valence-electron chi connectivity index (χ0n) is 15.0. The van der Waals surface area contributed by atoms with Gasteiger partial charge in [0.15, 0.2) is 0 Å². The molecular formula is C20H17N5O3. The molecule has 28 heavy (non-hydrogen) atoms. The van der Waals surface area contributed by atoms with Gasteiger partial charge < -0.3 is 10.1 Å². The third kappa shape index (κ3) is 3.61. The fourth-order valence-electron chi connectivity index (χ4n) is 2.83. The Morgan fingerprint density at radius 1 is 1.18 bits per heavy atom. The molecule has 8 heteroatoms. The molecule has 0 aliphatic carbocycles. The molecule has 2 aromatic heterocycles. The van der Waals surface area contributed by atoms with E-state index in [2.05, 4.69) is 20.5 Å². The zero-order valence-corrected chi connectivity index (χ0v) is 15.0. The molecule has 2 N–H and O–H groups in total.